The van der Waals surface area contributed by atoms with E-state index in [2.05, 4.69) is 10.1 Å². The Bertz CT molecular complexity index is 350. The van der Waals surface area contributed by atoms with Gasteiger partial charge in [-0.25, -0.2) is 9.50 Å². The van der Waals surface area contributed by atoms with Crippen LogP contribution < -0.4 is 5.73 Å². The number of nitrogens with two attached hydrogens (primary N) is 1. The van der Waals surface area contributed by atoms with Crippen LogP contribution in [0.1, 0.15) is 5.69 Å². The number of aromatic nitrogens is 3. The van der Waals surface area contributed by atoms with Crippen LogP contribution in [0.5, 0.6) is 0 Å². The van der Waals surface area contributed by atoms with E-state index in [4.69, 9.17) is 5.73 Å². The summed E-state index contributed by atoms with van der Waals surface area (Å²) in [7, 11) is 0. The summed E-state index contributed by atoms with van der Waals surface area (Å²) in [5.41, 5.74) is 6.57. The molecule has 0 atom stereocenters. The molecule has 0 spiro atoms. The quantitative estimate of drug-likeness (QED) is 0.701. The molecule has 0 fully saturated rings. The Hall–Kier alpha value is -0.940. The highest BCUT2D eigenvalue weighted by Gasteiger charge is 2.02. The first kappa shape index (κ1) is 6.75. The molecule has 58 valence electrons. The zero-order valence-electron chi connectivity index (χ0n) is 5.90. The molecule has 2 aromatic rings. The first-order valence-corrected chi connectivity index (χ1v) is 4.26. The Morgan fingerprint density at radius 3 is 3.36 bits per heavy atom. The summed E-state index contributed by atoms with van der Waals surface area (Å²) in [6.07, 6.45) is 2.43. The molecule has 2 aromatic heterocycles. The summed E-state index contributed by atoms with van der Waals surface area (Å²) in [5, 5.41) is 6.10. The average molecular weight is 168 g/mol. The third-order valence-corrected chi connectivity index (χ3v) is 2.37. The van der Waals surface area contributed by atoms with Gasteiger partial charge in [-0.05, 0) is 6.54 Å². The number of fused-ring (bicyclic) bond motifs is 1. The summed E-state index contributed by atoms with van der Waals surface area (Å²) in [6.45, 7) is 0.658. The van der Waals surface area contributed by atoms with Crippen molar-refractivity contribution in [2.75, 3.05) is 6.54 Å². The van der Waals surface area contributed by atoms with Crippen LogP contribution in [-0.4, -0.2) is 21.1 Å². The van der Waals surface area contributed by atoms with Gasteiger partial charge in [0.15, 0.2) is 0 Å². The van der Waals surface area contributed by atoms with Gasteiger partial charge >= 0.3 is 0 Å². The van der Waals surface area contributed by atoms with Crippen molar-refractivity contribution in [3.8, 4) is 0 Å². The molecule has 0 amide bonds. The van der Waals surface area contributed by atoms with Gasteiger partial charge in [-0.3, -0.25) is 0 Å². The van der Waals surface area contributed by atoms with Gasteiger partial charge in [0.1, 0.15) is 6.33 Å². The van der Waals surface area contributed by atoms with Crippen molar-refractivity contribution >= 4 is 16.3 Å². The first-order valence-electron chi connectivity index (χ1n) is 3.38. The molecule has 4 nitrogen and oxygen atoms in total. The fourth-order valence-electron chi connectivity index (χ4n) is 0.992. The standard InChI is InChI=1S/C6H8N4S/c7-2-1-5-3-11-6-8-4-9-10(5)6/h3-4H,1-2,7H2. The molecule has 0 unspecified atom stereocenters. The second kappa shape index (κ2) is 2.60. The molecule has 2 N–H and O–H groups in total. The summed E-state index contributed by atoms with van der Waals surface area (Å²) in [5.74, 6) is 0. The van der Waals surface area contributed by atoms with E-state index >= 15 is 0 Å². The monoisotopic (exact) mass is 168 g/mol. The van der Waals surface area contributed by atoms with Crippen LogP contribution in [0.15, 0.2) is 11.7 Å². The summed E-state index contributed by atoms with van der Waals surface area (Å²) < 4.78 is 1.83. The van der Waals surface area contributed by atoms with Crippen molar-refractivity contribution < 1.29 is 0 Å². The van der Waals surface area contributed by atoms with Crippen LogP contribution in [-0.2, 0) is 6.42 Å². The third kappa shape index (κ3) is 1.02. The number of hydrogen-bond acceptors (Lipinski definition) is 4. The van der Waals surface area contributed by atoms with Crippen LogP contribution in [0.3, 0.4) is 0 Å². The van der Waals surface area contributed by atoms with Gasteiger partial charge < -0.3 is 5.73 Å². The molecule has 2 rings (SSSR count). The zero-order valence-corrected chi connectivity index (χ0v) is 6.71. The number of rotatable bonds is 2. The van der Waals surface area contributed by atoms with Crippen molar-refractivity contribution in [2.45, 2.75) is 6.42 Å². The molecule has 0 saturated heterocycles. The first-order chi connectivity index (χ1) is 5.42. The largest absolute Gasteiger partial charge is 0.330 e. The molecule has 5 heteroatoms. The smallest absolute Gasteiger partial charge is 0.212 e. The number of nitrogens with zero attached hydrogens (tertiary/aromatic N) is 3. The Balaban J connectivity index is 2.51. The lowest BCUT2D eigenvalue weighted by Crippen LogP contribution is -2.05. The number of thiazole rings is 1. The van der Waals surface area contributed by atoms with Crippen LogP contribution in [0.4, 0.5) is 0 Å². The summed E-state index contributed by atoms with van der Waals surface area (Å²) in [6, 6.07) is 0. The van der Waals surface area contributed by atoms with E-state index in [9.17, 15) is 0 Å². The molecular formula is C6H8N4S. The highest BCUT2D eigenvalue weighted by atomic mass is 32.1. The Labute approximate surface area is 67.7 Å². The molecule has 0 aromatic carbocycles. The lowest BCUT2D eigenvalue weighted by atomic mass is 10.3. The van der Waals surface area contributed by atoms with Gasteiger partial charge in [-0.15, -0.1) is 11.3 Å². The Morgan fingerprint density at radius 1 is 1.64 bits per heavy atom. The van der Waals surface area contributed by atoms with E-state index in [0.717, 1.165) is 17.1 Å². The van der Waals surface area contributed by atoms with Crippen LogP contribution in [0.25, 0.3) is 4.96 Å². The van der Waals surface area contributed by atoms with Crippen molar-refractivity contribution in [3.05, 3.63) is 17.4 Å². The van der Waals surface area contributed by atoms with E-state index in [-0.39, 0.29) is 0 Å². The maximum Gasteiger partial charge on any atom is 0.212 e. The van der Waals surface area contributed by atoms with Crippen molar-refractivity contribution in [1.82, 2.24) is 14.6 Å². The highest BCUT2D eigenvalue weighted by Crippen LogP contribution is 2.12. The second-order valence-corrected chi connectivity index (χ2v) is 3.06. The van der Waals surface area contributed by atoms with Gasteiger partial charge in [0.05, 0.1) is 5.69 Å². The Morgan fingerprint density at radius 2 is 2.55 bits per heavy atom. The fourth-order valence-corrected chi connectivity index (χ4v) is 1.82. The summed E-state index contributed by atoms with van der Waals surface area (Å²) in [4.78, 5) is 4.99. The molecule has 0 radical (unpaired) electrons. The Kier molecular flexibility index (Phi) is 1.59. The molecule has 0 saturated carbocycles. The summed E-state index contributed by atoms with van der Waals surface area (Å²) >= 11 is 1.59. The fraction of sp³-hybridized carbons (Fsp3) is 0.333. The molecule has 11 heavy (non-hydrogen) atoms. The minimum atomic E-state index is 0.658. The lowest BCUT2D eigenvalue weighted by Gasteiger charge is -1.91. The normalized spacial score (nSPS) is 11.0. The van der Waals surface area contributed by atoms with E-state index in [1.165, 1.54) is 0 Å². The average Bonchev–Trinajstić information content (AvgIpc) is 2.53. The predicted molar refractivity (Wildman–Crippen MR) is 43.6 cm³/mol. The molecular weight excluding hydrogens is 160 g/mol. The number of hydrogen-bond donors (Lipinski definition) is 1. The van der Waals surface area contributed by atoms with Crippen LogP contribution >= 0.6 is 11.3 Å². The predicted octanol–water partition coefficient (Wildman–Crippen LogP) is 0.292. The molecule has 0 bridgehead atoms. The maximum absolute atomic E-state index is 5.42. The SMILES string of the molecule is NCCc1csc2ncnn12. The minimum absolute atomic E-state index is 0.658. The van der Waals surface area contributed by atoms with Crippen molar-refractivity contribution in [3.63, 3.8) is 0 Å². The van der Waals surface area contributed by atoms with Crippen molar-refractivity contribution in [2.24, 2.45) is 5.73 Å². The second-order valence-electron chi connectivity index (χ2n) is 2.22. The van der Waals surface area contributed by atoms with E-state index in [0.29, 0.717) is 6.54 Å². The lowest BCUT2D eigenvalue weighted by molar-refractivity contribution is 0.841. The molecule has 0 aliphatic carbocycles. The van der Waals surface area contributed by atoms with Gasteiger partial charge in [0.2, 0.25) is 4.96 Å². The van der Waals surface area contributed by atoms with Gasteiger partial charge in [-0.2, -0.15) is 5.10 Å². The van der Waals surface area contributed by atoms with Crippen molar-refractivity contribution in [1.29, 1.82) is 0 Å². The van der Waals surface area contributed by atoms with Gasteiger partial charge in [0.25, 0.3) is 0 Å². The maximum atomic E-state index is 5.42. The molecule has 2 heterocycles. The van der Waals surface area contributed by atoms with E-state index < -0.39 is 0 Å². The van der Waals surface area contributed by atoms with Gasteiger partial charge in [-0.1, -0.05) is 0 Å². The topological polar surface area (TPSA) is 56.2 Å². The van der Waals surface area contributed by atoms with Crippen LogP contribution in [0, 0.1) is 0 Å². The zero-order chi connectivity index (χ0) is 7.68. The van der Waals surface area contributed by atoms with Crippen LogP contribution in [0.2, 0.25) is 0 Å². The third-order valence-electron chi connectivity index (χ3n) is 1.49. The van der Waals surface area contributed by atoms with E-state index in [1.54, 1.807) is 17.7 Å². The minimum Gasteiger partial charge on any atom is -0.330 e. The molecule has 0 aliphatic rings. The van der Waals surface area contributed by atoms with E-state index in [1.807, 2.05) is 9.90 Å². The van der Waals surface area contributed by atoms with Gasteiger partial charge in [0, 0.05) is 11.8 Å². The molecule has 0 aliphatic heterocycles. The highest BCUT2D eigenvalue weighted by molar-refractivity contribution is 7.15.